The van der Waals surface area contributed by atoms with Gasteiger partial charge in [0.1, 0.15) is 11.4 Å². The molecule has 1 unspecified atom stereocenters. The molecule has 0 radical (unpaired) electrons. The normalized spacial score (nSPS) is 12.3. The zero-order valence-corrected chi connectivity index (χ0v) is 18.8. The number of amides is 2. The molecule has 0 aliphatic heterocycles. The van der Waals surface area contributed by atoms with Gasteiger partial charge in [-0.2, -0.15) is 0 Å². The van der Waals surface area contributed by atoms with Gasteiger partial charge in [0.2, 0.25) is 5.88 Å². The Morgan fingerprint density at radius 3 is 2.59 bits per heavy atom. The van der Waals surface area contributed by atoms with Gasteiger partial charge in [-0.1, -0.05) is 0 Å². The van der Waals surface area contributed by atoms with Gasteiger partial charge in [-0.25, -0.2) is 19.0 Å². The van der Waals surface area contributed by atoms with Crippen LogP contribution in [-0.4, -0.2) is 77.7 Å². The quantitative estimate of drug-likeness (QED) is 0.595. The van der Waals surface area contributed by atoms with Crippen LogP contribution in [0.25, 0.3) is 11.0 Å². The first kappa shape index (κ1) is 25.1. The Balaban J connectivity index is 2.08. The predicted octanol–water partition coefficient (Wildman–Crippen LogP) is 2.84. The number of halogens is 1. The van der Waals surface area contributed by atoms with Crippen molar-refractivity contribution in [3.05, 3.63) is 29.7 Å². The van der Waals surface area contributed by atoms with Crippen molar-refractivity contribution in [2.24, 2.45) is 0 Å². The number of nitrogens with one attached hydrogen (secondary N) is 1. The Morgan fingerprint density at radius 1 is 1.28 bits per heavy atom. The molecule has 2 amide bonds. The zero-order valence-electron chi connectivity index (χ0n) is 18.8. The predicted molar refractivity (Wildman–Crippen MR) is 114 cm³/mol. The summed E-state index contributed by atoms with van der Waals surface area (Å²) in [6.45, 7) is 5.19. The van der Waals surface area contributed by atoms with Gasteiger partial charge in [0.05, 0.1) is 37.0 Å². The summed E-state index contributed by atoms with van der Waals surface area (Å²) < 4.78 is 30.0. The number of nitrogens with zero attached hydrogens (tertiary/aromatic N) is 3. The summed E-state index contributed by atoms with van der Waals surface area (Å²) >= 11 is 0. The van der Waals surface area contributed by atoms with Crippen LogP contribution >= 0.6 is 0 Å². The maximum Gasteiger partial charge on any atom is 0.407 e. The molecule has 2 heterocycles. The third-order valence-corrected chi connectivity index (χ3v) is 4.48. The number of hydrogen-bond donors (Lipinski definition) is 2. The molecule has 1 atom stereocenters. The average molecular weight is 452 g/mol. The number of carbonyl (C=O) groups excluding carboxylic acids is 1. The molecule has 0 spiro atoms. The number of alkyl carbamates (subject to hydrolysis) is 1. The second kappa shape index (κ2) is 10.9. The maximum absolute atomic E-state index is 14.5. The first-order chi connectivity index (χ1) is 15.0. The van der Waals surface area contributed by atoms with Crippen LogP contribution in [0, 0.1) is 5.82 Å². The molecular formula is C21H29FN4O6. The Hall–Kier alpha value is -3.21. The van der Waals surface area contributed by atoms with E-state index < -0.39 is 29.7 Å². The van der Waals surface area contributed by atoms with E-state index in [1.165, 1.54) is 14.2 Å². The molecule has 0 aliphatic carbocycles. The fraction of sp³-hybridized carbons (Fsp3) is 0.524. The Bertz CT molecular complexity index is 950. The number of pyridine rings is 2. The van der Waals surface area contributed by atoms with E-state index in [0.29, 0.717) is 16.9 Å². The van der Waals surface area contributed by atoms with Crippen LogP contribution in [0.3, 0.4) is 0 Å². The van der Waals surface area contributed by atoms with Gasteiger partial charge in [0, 0.05) is 31.8 Å². The number of fused-ring (bicyclic) bond motifs is 1. The van der Waals surface area contributed by atoms with E-state index in [2.05, 4.69) is 15.3 Å². The first-order valence-corrected chi connectivity index (χ1v) is 9.99. The van der Waals surface area contributed by atoms with Crippen LogP contribution in [0.5, 0.6) is 5.88 Å². The van der Waals surface area contributed by atoms with Gasteiger partial charge in [-0.05, 0) is 33.3 Å². The number of aromatic nitrogens is 2. The zero-order chi connectivity index (χ0) is 23.9. The van der Waals surface area contributed by atoms with E-state index in [0.717, 1.165) is 11.1 Å². The van der Waals surface area contributed by atoms with E-state index in [9.17, 15) is 19.1 Å². The van der Waals surface area contributed by atoms with Crippen molar-refractivity contribution >= 4 is 23.2 Å². The molecule has 2 rings (SSSR count). The van der Waals surface area contributed by atoms with E-state index in [1.54, 1.807) is 32.9 Å². The van der Waals surface area contributed by atoms with E-state index >= 15 is 0 Å². The van der Waals surface area contributed by atoms with Gasteiger partial charge in [-0.3, -0.25) is 4.98 Å². The van der Waals surface area contributed by atoms with Gasteiger partial charge in [0.15, 0.2) is 0 Å². The molecule has 0 saturated heterocycles. The molecule has 10 nitrogen and oxygen atoms in total. The Kier molecular flexibility index (Phi) is 8.53. The molecule has 0 bridgehead atoms. The summed E-state index contributed by atoms with van der Waals surface area (Å²) in [6, 6.07) is 3.27. The van der Waals surface area contributed by atoms with Crippen LogP contribution in [-0.2, 0) is 15.9 Å². The van der Waals surface area contributed by atoms with Crippen LogP contribution in [0.2, 0.25) is 0 Å². The molecule has 176 valence electrons. The third-order valence-electron chi connectivity index (χ3n) is 4.48. The number of rotatable bonds is 9. The summed E-state index contributed by atoms with van der Waals surface area (Å²) in [5.41, 5.74) is 0.361. The molecule has 0 aliphatic rings. The molecule has 2 aromatic rings. The van der Waals surface area contributed by atoms with Crippen LogP contribution in [0.1, 0.15) is 26.3 Å². The van der Waals surface area contributed by atoms with Gasteiger partial charge in [-0.15, -0.1) is 0 Å². The van der Waals surface area contributed by atoms with Crippen molar-refractivity contribution in [1.82, 2.24) is 20.2 Å². The summed E-state index contributed by atoms with van der Waals surface area (Å²) in [7, 11) is 2.86. The minimum Gasteiger partial charge on any atom is -0.481 e. The van der Waals surface area contributed by atoms with E-state index in [4.69, 9.17) is 14.2 Å². The number of carbonyl (C=O) groups is 2. The standard InChI is InChI=1S/C21H29FN4O6/c1-21(2,3)32-19(27)24-10-13(30-4)12-26(20(28)29)9-8-14-15(22)11-23-16-6-7-17(31-5)25-18(14)16/h6-7,11,13H,8-10,12H2,1-5H3,(H,24,27)(H,28,29). The number of ether oxygens (including phenoxy) is 3. The summed E-state index contributed by atoms with van der Waals surface area (Å²) in [6.07, 6.45) is -1.32. The fourth-order valence-electron chi connectivity index (χ4n) is 2.92. The highest BCUT2D eigenvalue weighted by molar-refractivity contribution is 5.78. The summed E-state index contributed by atoms with van der Waals surface area (Å²) in [5.74, 6) is -0.285. The molecule has 11 heteroatoms. The lowest BCUT2D eigenvalue weighted by Gasteiger charge is -2.26. The van der Waals surface area contributed by atoms with Gasteiger partial charge < -0.3 is 29.5 Å². The van der Waals surface area contributed by atoms with Crippen molar-refractivity contribution in [1.29, 1.82) is 0 Å². The fourth-order valence-corrected chi connectivity index (χ4v) is 2.92. The number of hydrogen-bond acceptors (Lipinski definition) is 7. The largest absolute Gasteiger partial charge is 0.481 e. The Labute approximate surface area is 185 Å². The second-order valence-electron chi connectivity index (χ2n) is 8.03. The summed E-state index contributed by atoms with van der Waals surface area (Å²) in [4.78, 5) is 33.0. The van der Waals surface area contributed by atoms with E-state index in [-0.39, 0.29) is 31.6 Å². The molecular weight excluding hydrogens is 423 g/mol. The molecule has 0 aromatic carbocycles. The highest BCUT2D eigenvalue weighted by Gasteiger charge is 2.22. The lowest BCUT2D eigenvalue weighted by Crippen LogP contribution is -2.44. The van der Waals surface area contributed by atoms with Crippen LogP contribution in [0.15, 0.2) is 18.3 Å². The summed E-state index contributed by atoms with van der Waals surface area (Å²) in [5, 5.41) is 12.2. The lowest BCUT2D eigenvalue weighted by molar-refractivity contribution is 0.0395. The number of carboxylic acid groups (broad SMARTS) is 1. The van der Waals surface area contributed by atoms with Crippen molar-refractivity contribution < 1.29 is 33.3 Å². The highest BCUT2D eigenvalue weighted by Crippen LogP contribution is 2.21. The molecule has 0 fully saturated rings. The smallest absolute Gasteiger partial charge is 0.407 e. The average Bonchev–Trinajstić information content (AvgIpc) is 2.72. The minimum atomic E-state index is -1.20. The van der Waals surface area contributed by atoms with Crippen LogP contribution in [0.4, 0.5) is 14.0 Å². The van der Waals surface area contributed by atoms with Crippen LogP contribution < -0.4 is 10.1 Å². The van der Waals surface area contributed by atoms with Gasteiger partial charge in [0.25, 0.3) is 0 Å². The Morgan fingerprint density at radius 2 is 2.00 bits per heavy atom. The second-order valence-corrected chi connectivity index (χ2v) is 8.03. The SMILES string of the molecule is COc1ccc2ncc(F)c(CCN(CC(CNC(=O)OC(C)(C)C)OC)C(=O)O)c2n1. The van der Waals surface area contributed by atoms with Crippen molar-refractivity contribution in [3.8, 4) is 5.88 Å². The van der Waals surface area contributed by atoms with Crippen molar-refractivity contribution in [2.75, 3.05) is 33.9 Å². The monoisotopic (exact) mass is 452 g/mol. The highest BCUT2D eigenvalue weighted by atomic mass is 19.1. The maximum atomic E-state index is 14.5. The van der Waals surface area contributed by atoms with Crippen molar-refractivity contribution in [2.45, 2.75) is 38.9 Å². The van der Waals surface area contributed by atoms with Crippen molar-refractivity contribution in [3.63, 3.8) is 0 Å². The minimum absolute atomic E-state index is 0.0173. The third kappa shape index (κ3) is 7.19. The molecule has 0 saturated carbocycles. The molecule has 2 aromatic heterocycles. The lowest BCUT2D eigenvalue weighted by atomic mass is 10.1. The topological polar surface area (TPSA) is 123 Å². The first-order valence-electron chi connectivity index (χ1n) is 9.99. The van der Waals surface area contributed by atoms with Gasteiger partial charge >= 0.3 is 12.2 Å². The molecule has 32 heavy (non-hydrogen) atoms. The number of methoxy groups -OCH3 is 2. The van der Waals surface area contributed by atoms with E-state index in [1.807, 2.05) is 0 Å². The molecule has 2 N–H and O–H groups in total.